The Morgan fingerprint density at radius 1 is 1.47 bits per heavy atom. The van der Waals surface area contributed by atoms with Crippen molar-refractivity contribution in [2.45, 2.75) is 13.0 Å². The lowest BCUT2D eigenvalue weighted by Crippen LogP contribution is -2.22. The van der Waals surface area contributed by atoms with E-state index in [4.69, 9.17) is 6.42 Å². The molecule has 92 valence electrons. The van der Waals surface area contributed by atoms with Gasteiger partial charge in [0, 0.05) is 23.9 Å². The Hall–Kier alpha value is -1.05. The number of thioether (sulfide) groups is 1. The molecular weight excluding hydrogens is 240 g/mol. The molecule has 0 saturated carbocycles. The minimum absolute atomic E-state index is 0.211. The van der Waals surface area contributed by atoms with Gasteiger partial charge in [0.2, 0.25) is 0 Å². The molecule has 0 bridgehead atoms. The molecule has 1 aromatic rings. The van der Waals surface area contributed by atoms with Gasteiger partial charge in [-0.1, -0.05) is 5.92 Å². The van der Waals surface area contributed by atoms with Crippen molar-refractivity contribution in [1.82, 2.24) is 5.32 Å². The fourth-order valence-corrected chi connectivity index (χ4v) is 1.96. The van der Waals surface area contributed by atoms with Gasteiger partial charge in [0.15, 0.2) is 0 Å². The van der Waals surface area contributed by atoms with Gasteiger partial charge in [-0.15, -0.1) is 18.2 Å². The van der Waals surface area contributed by atoms with Gasteiger partial charge in [-0.2, -0.15) is 0 Å². The Morgan fingerprint density at radius 2 is 2.24 bits per heavy atom. The summed E-state index contributed by atoms with van der Waals surface area (Å²) >= 11 is 1.63. The molecule has 1 atom stereocenters. The van der Waals surface area contributed by atoms with Crippen LogP contribution >= 0.6 is 11.8 Å². The van der Waals surface area contributed by atoms with Crippen molar-refractivity contribution in [3.8, 4) is 12.3 Å². The van der Waals surface area contributed by atoms with E-state index in [1.54, 1.807) is 11.8 Å². The maximum atomic E-state index is 13.4. The zero-order valence-corrected chi connectivity index (χ0v) is 10.5. The number of hydrogen-bond donors (Lipinski definition) is 1. The van der Waals surface area contributed by atoms with Crippen LogP contribution in [0.5, 0.6) is 0 Å². The first kappa shape index (κ1) is 14.0. The van der Waals surface area contributed by atoms with E-state index >= 15 is 0 Å². The third kappa shape index (κ3) is 4.76. The van der Waals surface area contributed by atoms with Crippen molar-refractivity contribution < 1.29 is 8.78 Å². The lowest BCUT2D eigenvalue weighted by Gasteiger charge is -2.14. The quantitative estimate of drug-likeness (QED) is 0.619. The second-order valence-electron chi connectivity index (χ2n) is 3.60. The van der Waals surface area contributed by atoms with Crippen molar-refractivity contribution in [3.05, 3.63) is 35.4 Å². The zero-order valence-electron chi connectivity index (χ0n) is 9.67. The van der Waals surface area contributed by atoms with E-state index in [0.29, 0.717) is 17.9 Å². The molecule has 1 rings (SSSR count). The monoisotopic (exact) mass is 255 g/mol. The van der Waals surface area contributed by atoms with Crippen LogP contribution in [0.25, 0.3) is 0 Å². The first-order chi connectivity index (χ1) is 8.15. The molecule has 1 unspecified atom stereocenters. The molecule has 4 heteroatoms. The van der Waals surface area contributed by atoms with E-state index in [1.165, 1.54) is 6.07 Å². The number of halogens is 2. The average molecular weight is 255 g/mol. The number of terminal acetylenes is 1. The predicted molar refractivity (Wildman–Crippen MR) is 68.9 cm³/mol. The summed E-state index contributed by atoms with van der Waals surface area (Å²) in [6.45, 7) is 2.52. The topological polar surface area (TPSA) is 12.0 Å². The maximum absolute atomic E-state index is 13.4. The highest BCUT2D eigenvalue weighted by atomic mass is 32.2. The van der Waals surface area contributed by atoms with E-state index in [2.05, 4.69) is 11.2 Å². The molecule has 0 aliphatic carbocycles. The van der Waals surface area contributed by atoms with Crippen molar-refractivity contribution >= 4 is 11.8 Å². The summed E-state index contributed by atoms with van der Waals surface area (Å²) in [5, 5.41) is 3.13. The molecule has 1 N–H and O–H groups in total. The Bertz CT molecular complexity index is 401. The summed E-state index contributed by atoms with van der Waals surface area (Å²) in [7, 11) is 0. The van der Waals surface area contributed by atoms with E-state index in [9.17, 15) is 8.78 Å². The van der Waals surface area contributed by atoms with Gasteiger partial charge in [-0.3, -0.25) is 0 Å². The van der Waals surface area contributed by atoms with E-state index in [0.717, 1.165) is 17.9 Å². The first-order valence-corrected chi connectivity index (χ1v) is 6.50. The normalized spacial score (nSPS) is 12.1. The molecule has 0 spiro atoms. The second-order valence-corrected chi connectivity index (χ2v) is 4.70. The van der Waals surface area contributed by atoms with E-state index in [-0.39, 0.29) is 11.9 Å². The van der Waals surface area contributed by atoms with Crippen molar-refractivity contribution in [2.75, 3.05) is 18.1 Å². The summed E-state index contributed by atoms with van der Waals surface area (Å²) in [6, 6.07) is 3.28. The maximum Gasteiger partial charge on any atom is 0.128 e. The number of benzene rings is 1. The summed E-state index contributed by atoms with van der Waals surface area (Å²) in [6.07, 6.45) is 5.12. The average Bonchev–Trinajstić information content (AvgIpc) is 2.32. The highest BCUT2D eigenvalue weighted by Crippen LogP contribution is 2.17. The third-order valence-electron chi connectivity index (χ3n) is 2.31. The Morgan fingerprint density at radius 3 is 2.94 bits per heavy atom. The smallest absolute Gasteiger partial charge is 0.128 e. The zero-order chi connectivity index (χ0) is 12.7. The van der Waals surface area contributed by atoms with Gasteiger partial charge in [-0.05, 0) is 25.1 Å². The highest BCUT2D eigenvalue weighted by Gasteiger charge is 2.10. The lowest BCUT2D eigenvalue weighted by atomic mass is 10.1. The molecule has 0 aromatic heterocycles. The molecule has 1 aromatic carbocycles. The van der Waals surface area contributed by atoms with Gasteiger partial charge >= 0.3 is 0 Å². The molecule has 17 heavy (non-hydrogen) atoms. The van der Waals surface area contributed by atoms with Gasteiger partial charge in [-0.25, -0.2) is 8.78 Å². The first-order valence-electron chi connectivity index (χ1n) is 5.34. The Balaban J connectivity index is 2.44. The number of hydrogen-bond acceptors (Lipinski definition) is 2. The molecule has 0 heterocycles. The molecule has 0 saturated heterocycles. The van der Waals surface area contributed by atoms with Crippen molar-refractivity contribution in [2.24, 2.45) is 0 Å². The highest BCUT2D eigenvalue weighted by molar-refractivity contribution is 7.99. The molecule has 0 radical (unpaired) electrons. The largest absolute Gasteiger partial charge is 0.309 e. The van der Waals surface area contributed by atoms with Gasteiger partial charge < -0.3 is 5.32 Å². The van der Waals surface area contributed by atoms with Crippen LogP contribution in [0.4, 0.5) is 8.78 Å². The van der Waals surface area contributed by atoms with Crippen molar-refractivity contribution in [1.29, 1.82) is 0 Å². The van der Waals surface area contributed by atoms with Crippen LogP contribution in [0.15, 0.2) is 18.2 Å². The molecular formula is C13H15F2NS. The third-order valence-corrected chi connectivity index (χ3v) is 3.17. The van der Waals surface area contributed by atoms with Crippen LogP contribution in [-0.2, 0) is 0 Å². The summed E-state index contributed by atoms with van der Waals surface area (Å²) in [5.41, 5.74) is 0.354. The molecule has 0 aliphatic rings. The van der Waals surface area contributed by atoms with Gasteiger partial charge in [0.25, 0.3) is 0 Å². The van der Waals surface area contributed by atoms with Crippen LogP contribution in [0.1, 0.15) is 18.5 Å². The second kappa shape index (κ2) is 7.31. The summed E-state index contributed by atoms with van der Waals surface area (Å²) in [5.74, 6) is 3.25. The molecule has 0 amide bonds. The Labute approximate surface area is 105 Å². The fraction of sp³-hybridized carbons (Fsp3) is 0.385. The summed E-state index contributed by atoms with van der Waals surface area (Å²) < 4.78 is 26.4. The van der Waals surface area contributed by atoms with E-state index in [1.807, 2.05) is 6.92 Å². The van der Waals surface area contributed by atoms with Gasteiger partial charge in [0.05, 0.1) is 5.75 Å². The molecule has 0 aliphatic heterocycles. The lowest BCUT2D eigenvalue weighted by molar-refractivity contribution is 0.530. The summed E-state index contributed by atoms with van der Waals surface area (Å²) in [4.78, 5) is 0. The van der Waals surface area contributed by atoms with Crippen LogP contribution in [-0.4, -0.2) is 18.1 Å². The molecule has 0 fully saturated rings. The van der Waals surface area contributed by atoms with Crippen LogP contribution < -0.4 is 5.32 Å². The predicted octanol–water partition coefficient (Wildman–Crippen LogP) is 2.98. The van der Waals surface area contributed by atoms with Crippen LogP contribution in [0.3, 0.4) is 0 Å². The SMILES string of the molecule is C#CCSCCNC(C)c1cc(F)ccc1F. The standard InChI is InChI=1S/C13H15F2NS/c1-3-7-17-8-6-16-10(2)12-9-11(14)4-5-13(12)15/h1,4-5,9-10,16H,6-8H2,2H3. The van der Waals surface area contributed by atoms with Crippen molar-refractivity contribution in [3.63, 3.8) is 0 Å². The molecule has 1 nitrogen and oxygen atoms in total. The van der Waals surface area contributed by atoms with Crippen LogP contribution in [0, 0.1) is 24.0 Å². The number of rotatable bonds is 6. The van der Waals surface area contributed by atoms with Gasteiger partial charge in [0.1, 0.15) is 11.6 Å². The van der Waals surface area contributed by atoms with E-state index < -0.39 is 5.82 Å². The Kier molecular flexibility index (Phi) is 6.03. The fourth-order valence-electron chi connectivity index (χ4n) is 1.44. The minimum atomic E-state index is -0.420. The van der Waals surface area contributed by atoms with Crippen LogP contribution in [0.2, 0.25) is 0 Å². The number of nitrogens with one attached hydrogen (secondary N) is 1. The minimum Gasteiger partial charge on any atom is -0.309 e.